The Morgan fingerprint density at radius 2 is 1.60 bits per heavy atom. The van der Waals surface area contributed by atoms with Gasteiger partial charge in [-0.25, -0.2) is 4.39 Å². The molecule has 11 heteroatoms. The van der Waals surface area contributed by atoms with E-state index >= 15 is 0 Å². The quantitative estimate of drug-likeness (QED) is 0.466. The first-order valence-electron chi connectivity index (χ1n) is 10.8. The molecule has 3 aromatic rings. The topological polar surface area (TPSA) is 130 Å². The Labute approximate surface area is 201 Å². The molecule has 35 heavy (non-hydrogen) atoms. The number of nitrogens with one attached hydrogen (secondary N) is 3. The van der Waals surface area contributed by atoms with Gasteiger partial charge in [0, 0.05) is 23.1 Å². The number of sulfonamides is 1. The van der Waals surface area contributed by atoms with Crippen LogP contribution in [0.5, 0.6) is 0 Å². The van der Waals surface area contributed by atoms with Crippen molar-refractivity contribution in [1.29, 1.82) is 0 Å². The fraction of sp³-hybridized carbons (Fsp3) is 0.208. The Bertz CT molecular complexity index is 1410. The molecule has 0 saturated carbocycles. The average Bonchev–Trinajstić information content (AvgIpc) is 3.19. The first kappa shape index (κ1) is 24.1. The highest BCUT2D eigenvalue weighted by Crippen LogP contribution is 2.30. The molecule has 1 aromatic heterocycles. The number of benzene rings is 2. The lowest BCUT2D eigenvalue weighted by Crippen LogP contribution is -2.41. The molecular formula is C24H23FN4O5S. The molecule has 9 nitrogen and oxygen atoms in total. The van der Waals surface area contributed by atoms with E-state index in [1.54, 1.807) is 19.1 Å². The van der Waals surface area contributed by atoms with Crippen LogP contribution in [0.15, 0.2) is 62.9 Å². The number of furan rings is 1. The van der Waals surface area contributed by atoms with Gasteiger partial charge < -0.3 is 4.42 Å². The number of hydrogen-bond donors (Lipinski definition) is 3. The number of hydrogen-bond acceptors (Lipinski definition) is 6. The molecule has 1 heterocycles. The standard InChI is InChI=1S/C24H23FN4O5S/c1-14-6-12-18(13-7-14)35(32,33)29-26-19-4-3-5-20-21(19)15(2)22(34-20)24(31)28-27-23(30)16-8-10-17(25)11-9-16/h6-13,29H,3-5H2,1-2H3,(H,27,30)(H,28,31)/b26-19+. The van der Waals surface area contributed by atoms with E-state index in [-0.39, 0.29) is 16.2 Å². The zero-order valence-corrected chi connectivity index (χ0v) is 19.8. The van der Waals surface area contributed by atoms with Gasteiger partial charge in [-0.3, -0.25) is 20.4 Å². The van der Waals surface area contributed by atoms with Crippen LogP contribution in [0.4, 0.5) is 4.39 Å². The summed E-state index contributed by atoms with van der Waals surface area (Å²) in [5, 5.41) is 4.14. The first-order valence-corrected chi connectivity index (χ1v) is 12.3. The van der Waals surface area contributed by atoms with Gasteiger partial charge in [0.25, 0.3) is 15.9 Å². The van der Waals surface area contributed by atoms with Gasteiger partial charge in [-0.05, 0) is 63.1 Å². The lowest BCUT2D eigenvalue weighted by molar-refractivity contribution is 0.0829. The molecule has 0 atom stereocenters. The number of nitrogens with zero attached hydrogens (tertiary/aromatic N) is 1. The maximum Gasteiger partial charge on any atom is 0.305 e. The number of halogens is 1. The monoisotopic (exact) mass is 498 g/mol. The van der Waals surface area contributed by atoms with Crippen molar-refractivity contribution in [2.24, 2.45) is 5.10 Å². The van der Waals surface area contributed by atoms with E-state index in [4.69, 9.17) is 4.42 Å². The zero-order valence-electron chi connectivity index (χ0n) is 19.0. The summed E-state index contributed by atoms with van der Waals surface area (Å²) in [6.45, 7) is 3.52. The third kappa shape index (κ3) is 5.24. The molecule has 0 fully saturated rings. The average molecular weight is 499 g/mol. The van der Waals surface area contributed by atoms with E-state index in [0.717, 1.165) is 17.7 Å². The Morgan fingerprint density at radius 3 is 2.29 bits per heavy atom. The van der Waals surface area contributed by atoms with Crippen LogP contribution >= 0.6 is 0 Å². The largest absolute Gasteiger partial charge is 0.455 e. The fourth-order valence-electron chi connectivity index (χ4n) is 3.73. The number of hydrazine groups is 1. The molecule has 1 aliphatic rings. The summed E-state index contributed by atoms with van der Waals surface area (Å²) in [4.78, 5) is 27.2. The van der Waals surface area contributed by atoms with Crippen LogP contribution < -0.4 is 15.7 Å². The molecule has 182 valence electrons. The molecule has 0 unspecified atom stereocenters. The summed E-state index contributed by atoms with van der Waals surface area (Å²) in [6, 6.07) is 11.2. The fourth-order valence-corrected chi connectivity index (χ4v) is 4.56. The van der Waals surface area contributed by atoms with Crippen LogP contribution in [0.2, 0.25) is 0 Å². The first-order chi connectivity index (χ1) is 16.7. The summed E-state index contributed by atoms with van der Waals surface area (Å²) in [5.74, 6) is -1.31. The molecule has 2 amide bonds. The molecule has 2 aromatic carbocycles. The molecule has 0 aliphatic heterocycles. The van der Waals surface area contributed by atoms with E-state index in [9.17, 15) is 22.4 Å². The van der Waals surface area contributed by atoms with E-state index in [1.165, 1.54) is 24.3 Å². The SMILES string of the molecule is Cc1ccc(S(=O)(=O)N/N=C2\CCCc3oc(C(=O)NNC(=O)c4ccc(F)cc4)c(C)c32)cc1. The van der Waals surface area contributed by atoms with Gasteiger partial charge >= 0.3 is 5.91 Å². The van der Waals surface area contributed by atoms with Crippen LogP contribution in [0, 0.1) is 19.7 Å². The molecule has 0 spiro atoms. The maximum atomic E-state index is 13.0. The highest BCUT2D eigenvalue weighted by Gasteiger charge is 2.28. The predicted octanol–water partition coefficient (Wildman–Crippen LogP) is 3.13. The second kappa shape index (κ2) is 9.71. The van der Waals surface area contributed by atoms with Gasteiger partial charge in [0.15, 0.2) is 5.76 Å². The van der Waals surface area contributed by atoms with Gasteiger partial charge in [0.05, 0.1) is 10.6 Å². The van der Waals surface area contributed by atoms with Crippen molar-refractivity contribution in [3.05, 3.63) is 88.1 Å². The molecule has 0 saturated heterocycles. The minimum absolute atomic E-state index is 0.0228. The van der Waals surface area contributed by atoms with Crippen LogP contribution in [-0.4, -0.2) is 25.9 Å². The minimum Gasteiger partial charge on any atom is -0.455 e. The number of carbonyl (C=O) groups is 2. The Kier molecular flexibility index (Phi) is 6.70. The van der Waals surface area contributed by atoms with Gasteiger partial charge in [-0.15, -0.1) is 0 Å². The summed E-state index contributed by atoms with van der Waals surface area (Å²) in [5.41, 5.74) is 7.13. The summed E-state index contributed by atoms with van der Waals surface area (Å²) < 4.78 is 44.0. The molecule has 3 N–H and O–H groups in total. The van der Waals surface area contributed by atoms with E-state index < -0.39 is 27.7 Å². The predicted molar refractivity (Wildman–Crippen MR) is 126 cm³/mol. The third-order valence-electron chi connectivity index (χ3n) is 5.56. The van der Waals surface area contributed by atoms with Crippen LogP contribution in [0.1, 0.15) is 56.2 Å². The normalized spacial score (nSPS) is 14.3. The molecule has 4 rings (SSSR count). The second-order valence-electron chi connectivity index (χ2n) is 8.09. The van der Waals surface area contributed by atoms with Gasteiger partial charge in [0.1, 0.15) is 11.6 Å². The van der Waals surface area contributed by atoms with Crippen molar-refractivity contribution in [3.63, 3.8) is 0 Å². The number of rotatable bonds is 5. The zero-order chi connectivity index (χ0) is 25.2. The number of carbonyl (C=O) groups excluding carboxylic acids is 2. The summed E-state index contributed by atoms with van der Waals surface area (Å²) in [7, 11) is -3.87. The lowest BCUT2D eigenvalue weighted by atomic mass is 9.93. The Morgan fingerprint density at radius 1 is 0.943 bits per heavy atom. The van der Waals surface area contributed by atoms with Crippen LogP contribution in [0.3, 0.4) is 0 Å². The molecule has 1 aliphatic carbocycles. The van der Waals surface area contributed by atoms with E-state index in [2.05, 4.69) is 20.8 Å². The number of fused-ring (bicyclic) bond motifs is 1. The lowest BCUT2D eigenvalue weighted by Gasteiger charge is -2.14. The van der Waals surface area contributed by atoms with Gasteiger partial charge in [-0.2, -0.15) is 18.4 Å². The van der Waals surface area contributed by atoms with Gasteiger partial charge in [0.2, 0.25) is 0 Å². The van der Waals surface area contributed by atoms with E-state index in [1.807, 2.05) is 6.92 Å². The van der Waals surface area contributed by atoms with Crippen molar-refractivity contribution >= 4 is 27.5 Å². The van der Waals surface area contributed by atoms with Crippen LogP contribution in [0.25, 0.3) is 0 Å². The molecule has 0 radical (unpaired) electrons. The number of amides is 2. The smallest absolute Gasteiger partial charge is 0.305 e. The Balaban J connectivity index is 1.50. The van der Waals surface area contributed by atoms with E-state index in [0.29, 0.717) is 41.9 Å². The molecular weight excluding hydrogens is 475 g/mol. The summed E-state index contributed by atoms with van der Waals surface area (Å²) >= 11 is 0. The molecule has 0 bridgehead atoms. The third-order valence-corrected chi connectivity index (χ3v) is 6.78. The summed E-state index contributed by atoms with van der Waals surface area (Å²) in [6.07, 6.45) is 1.70. The van der Waals surface area contributed by atoms with Crippen molar-refractivity contribution in [2.45, 2.75) is 38.0 Å². The number of hydrazone groups is 1. The van der Waals surface area contributed by atoms with Crippen molar-refractivity contribution in [1.82, 2.24) is 15.7 Å². The highest BCUT2D eigenvalue weighted by atomic mass is 32.2. The number of aryl methyl sites for hydroxylation is 2. The van der Waals surface area contributed by atoms with Crippen molar-refractivity contribution in [3.8, 4) is 0 Å². The van der Waals surface area contributed by atoms with Gasteiger partial charge in [-0.1, -0.05) is 17.7 Å². The maximum absolute atomic E-state index is 13.0. The highest BCUT2D eigenvalue weighted by molar-refractivity contribution is 7.89. The van der Waals surface area contributed by atoms with Crippen LogP contribution in [-0.2, 0) is 16.4 Å². The Hall–Kier alpha value is -3.99. The second-order valence-corrected chi connectivity index (χ2v) is 9.75. The minimum atomic E-state index is -3.87. The van der Waals surface area contributed by atoms with Crippen molar-refractivity contribution < 1.29 is 26.8 Å². The van der Waals surface area contributed by atoms with Crippen molar-refractivity contribution in [2.75, 3.05) is 0 Å².